The number of aromatic nitrogens is 3. The minimum absolute atomic E-state index is 0.133. The number of hydrogen-bond donors (Lipinski definition) is 0. The number of pyridine rings is 1. The molecular weight excluding hydrogens is 402 g/mol. The molecule has 0 spiro atoms. The molecule has 0 N–H and O–H groups in total. The van der Waals surface area contributed by atoms with E-state index in [4.69, 9.17) is 4.74 Å². The molecule has 0 aliphatic carbocycles. The van der Waals surface area contributed by atoms with Crippen LogP contribution in [0, 0.1) is 0 Å². The molecule has 9 heteroatoms. The van der Waals surface area contributed by atoms with Gasteiger partial charge in [0.2, 0.25) is 15.9 Å². The quantitative estimate of drug-likeness (QED) is 0.632. The number of ether oxygens (including phenoxy) is 1. The predicted octanol–water partition coefficient (Wildman–Crippen LogP) is 1.65. The molecule has 5 rings (SSSR count). The van der Waals surface area contributed by atoms with Gasteiger partial charge in [-0.25, -0.2) is 13.4 Å². The summed E-state index contributed by atoms with van der Waals surface area (Å²) in [5.41, 5.74) is 2.03. The molecular formula is C21H23N5O3S. The number of likely N-dealkylation sites (tertiary alicyclic amines) is 1. The van der Waals surface area contributed by atoms with E-state index < -0.39 is 10.0 Å². The SMILES string of the molecule is Cn1cc(CN2CC3Oc4ncccc4S(=O)(=O)N(Cc4ccccc4)C3C2)cn1. The standard InChI is InChI=1S/C21H23N5O3S/c1-24-11-17(10-23-24)12-25-14-18-19(15-25)29-21-20(8-5-9-22-21)30(27,28)26(18)13-16-6-3-2-4-7-16/h2-11,18-19H,12-15H2,1H3. The third-order valence-electron chi connectivity index (χ3n) is 5.61. The average molecular weight is 426 g/mol. The molecule has 2 unspecified atom stereocenters. The van der Waals surface area contributed by atoms with E-state index in [2.05, 4.69) is 15.0 Å². The predicted molar refractivity (Wildman–Crippen MR) is 110 cm³/mol. The summed E-state index contributed by atoms with van der Waals surface area (Å²) in [5, 5.41) is 4.23. The summed E-state index contributed by atoms with van der Waals surface area (Å²) in [4.78, 5) is 6.58. The lowest BCUT2D eigenvalue weighted by atomic mass is 10.1. The molecule has 2 atom stereocenters. The third-order valence-corrected chi connectivity index (χ3v) is 7.50. The lowest BCUT2D eigenvalue weighted by Crippen LogP contribution is -2.46. The van der Waals surface area contributed by atoms with Crippen LogP contribution >= 0.6 is 0 Å². The van der Waals surface area contributed by atoms with Gasteiger partial charge in [0, 0.05) is 51.2 Å². The first-order valence-corrected chi connectivity index (χ1v) is 11.3. The van der Waals surface area contributed by atoms with Gasteiger partial charge < -0.3 is 4.74 Å². The fourth-order valence-electron chi connectivity index (χ4n) is 4.24. The Hall–Kier alpha value is -2.75. The molecule has 2 aliphatic rings. The van der Waals surface area contributed by atoms with Crippen LogP contribution < -0.4 is 4.74 Å². The van der Waals surface area contributed by atoms with Crippen molar-refractivity contribution >= 4 is 10.0 Å². The van der Waals surface area contributed by atoms with E-state index >= 15 is 0 Å². The minimum Gasteiger partial charge on any atom is -0.470 e. The highest BCUT2D eigenvalue weighted by Gasteiger charge is 2.47. The molecule has 30 heavy (non-hydrogen) atoms. The van der Waals surface area contributed by atoms with Crippen LogP contribution in [0.3, 0.4) is 0 Å². The van der Waals surface area contributed by atoms with E-state index in [9.17, 15) is 8.42 Å². The summed E-state index contributed by atoms with van der Waals surface area (Å²) >= 11 is 0. The van der Waals surface area contributed by atoms with Crippen molar-refractivity contribution in [3.05, 3.63) is 72.2 Å². The maximum absolute atomic E-state index is 13.6. The molecule has 0 bridgehead atoms. The number of hydrogen-bond acceptors (Lipinski definition) is 6. The zero-order chi connectivity index (χ0) is 20.7. The second kappa shape index (κ2) is 7.50. The number of benzene rings is 1. The van der Waals surface area contributed by atoms with Gasteiger partial charge in [-0.1, -0.05) is 30.3 Å². The highest BCUT2D eigenvalue weighted by molar-refractivity contribution is 7.89. The summed E-state index contributed by atoms with van der Waals surface area (Å²) in [6.45, 7) is 2.19. The van der Waals surface area contributed by atoms with Crippen LogP contribution in [0.4, 0.5) is 0 Å². The number of sulfonamides is 1. The van der Waals surface area contributed by atoms with E-state index in [0.717, 1.165) is 11.1 Å². The van der Waals surface area contributed by atoms with Gasteiger partial charge in [-0.15, -0.1) is 0 Å². The number of fused-ring (bicyclic) bond motifs is 2. The molecule has 0 radical (unpaired) electrons. The van der Waals surface area contributed by atoms with Crippen LogP contribution in [-0.4, -0.2) is 57.6 Å². The lowest BCUT2D eigenvalue weighted by molar-refractivity contribution is 0.144. The minimum atomic E-state index is -3.76. The van der Waals surface area contributed by atoms with Gasteiger partial charge in [0.15, 0.2) is 0 Å². The first-order chi connectivity index (χ1) is 14.5. The van der Waals surface area contributed by atoms with Gasteiger partial charge in [-0.2, -0.15) is 9.40 Å². The average Bonchev–Trinajstić information content (AvgIpc) is 3.31. The number of nitrogens with zero attached hydrogens (tertiary/aromatic N) is 5. The highest BCUT2D eigenvalue weighted by atomic mass is 32.2. The summed E-state index contributed by atoms with van der Waals surface area (Å²) in [5.74, 6) is 0.186. The monoisotopic (exact) mass is 425 g/mol. The first-order valence-electron chi connectivity index (χ1n) is 9.88. The third kappa shape index (κ3) is 3.49. The van der Waals surface area contributed by atoms with Crippen LogP contribution in [-0.2, 0) is 30.2 Å². The van der Waals surface area contributed by atoms with Crippen LogP contribution in [0.15, 0.2) is 66.0 Å². The van der Waals surface area contributed by atoms with Crippen LogP contribution in [0.2, 0.25) is 0 Å². The summed E-state index contributed by atoms with van der Waals surface area (Å²) in [6.07, 6.45) is 5.09. The van der Waals surface area contributed by atoms with Gasteiger partial charge in [0.1, 0.15) is 11.0 Å². The van der Waals surface area contributed by atoms with Crippen molar-refractivity contribution in [2.75, 3.05) is 13.1 Å². The first kappa shape index (κ1) is 19.2. The Morgan fingerprint density at radius 1 is 1.07 bits per heavy atom. The molecule has 2 aliphatic heterocycles. The molecule has 0 amide bonds. The van der Waals surface area contributed by atoms with Crippen molar-refractivity contribution in [1.29, 1.82) is 0 Å². The molecule has 1 aromatic carbocycles. The second-order valence-electron chi connectivity index (χ2n) is 7.78. The van der Waals surface area contributed by atoms with E-state index in [0.29, 0.717) is 26.2 Å². The van der Waals surface area contributed by atoms with Gasteiger partial charge in [-0.05, 0) is 17.7 Å². The largest absolute Gasteiger partial charge is 0.470 e. The Morgan fingerprint density at radius 2 is 1.90 bits per heavy atom. The van der Waals surface area contributed by atoms with E-state index in [-0.39, 0.29) is 22.9 Å². The highest BCUT2D eigenvalue weighted by Crippen LogP contribution is 2.36. The van der Waals surface area contributed by atoms with Crippen LogP contribution in [0.5, 0.6) is 5.88 Å². The fraction of sp³-hybridized carbons (Fsp3) is 0.333. The Labute approximate surface area is 175 Å². The Morgan fingerprint density at radius 3 is 2.67 bits per heavy atom. The van der Waals surface area contributed by atoms with Crippen molar-refractivity contribution < 1.29 is 13.2 Å². The maximum atomic E-state index is 13.6. The molecule has 1 fully saturated rings. The lowest BCUT2D eigenvalue weighted by Gasteiger charge is -2.28. The Kier molecular flexibility index (Phi) is 4.80. The summed E-state index contributed by atoms with van der Waals surface area (Å²) in [6, 6.07) is 12.6. The van der Waals surface area contributed by atoms with E-state index in [1.54, 1.807) is 27.3 Å². The Balaban J connectivity index is 1.50. The van der Waals surface area contributed by atoms with Crippen LogP contribution in [0.25, 0.3) is 0 Å². The number of aryl methyl sites for hydroxylation is 1. The van der Waals surface area contributed by atoms with Crippen molar-refractivity contribution in [3.8, 4) is 5.88 Å². The zero-order valence-corrected chi connectivity index (χ0v) is 17.4. The fourth-order valence-corrected chi connectivity index (χ4v) is 5.94. The maximum Gasteiger partial charge on any atom is 0.249 e. The van der Waals surface area contributed by atoms with Gasteiger partial charge >= 0.3 is 0 Å². The molecule has 2 aromatic heterocycles. The van der Waals surface area contributed by atoms with E-state index in [1.807, 2.05) is 49.8 Å². The van der Waals surface area contributed by atoms with Gasteiger partial charge in [-0.3, -0.25) is 9.58 Å². The molecule has 3 aromatic rings. The topological polar surface area (TPSA) is 80.6 Å². The number of rotatable bonds is 4. The normalized spacial score (nSPS) is 23.4. The van der Waals surface area contributed by atoms with Crippen molar-refractivity contribution in [3.63, 3.8) is 0 Å². The smallest absolute Gasteiger partial charge is 0.249 e. The molecule has 8 nitrogen and oxygen atoms in total. The summed E-state index contributed by atoms with van der Waals surface area (Å²) < 4.78 is 36.7. The van der Waals surface area contributed by atoms with E-state index in [1.165, 1.54) is 0 Å². The van der Waals surface area contributed by atoms with Gasteiger partial charge in [0.05, 0.1) is 12.2 Å². The molecule has 4 heterocycles. The summed E-state index contributed by atoms with van der Waals surface area (Å²) in [7, 11) is -1.87. The molecule has 0 saturated carbocycles. The molecule has 1 saturated heterocycles. The van der Waals surface area contributed by atoms with Crippen molar-refractivity contribution in [1.82, 2.24) is 24.0 Å². The van der Waals surface area contributed by atoms with Gasteiger partial charge in [0.25, 0.3) is 0 Å². The Bertz CT molecular complexity index is 1150. The second-order valence-corrected chi connectivity index (χ2v) is 9.64. The van der Waals surface area contributed by atoms with Crippen molar-refractivity contribution in [2.24, 2.45) is 7.05 Å². The van der Waals surface area contributed by atoms with Crippen molar-refractivity contribution in [2.45, 2.75) is 30.1 Å². The zero-order valence-electron chi connectivity index (χ0n) is 16.6. The van der Waals surface area contributed by atoms with Crippen LogP contribution in [0.1, 0.15) is 11.1 Å². The molecule has 156 valence electrons.